The fourth-order valence-electron chi connectivity index (χ4n) is 4.58. The van der Waals surface area contributed by atoms with Crippen molar-refractivity contribution in [1.29, 1.82) is 0 Å². The van der Waals surface area contributed by atoms with Crippen LogP contribution in [0.3, 0.4) is 0 Å². The molecule has 1 saturated heterocycles. The van der Waals surface area contributed by atoms with Gasteiger partial charge in [-0.25, -0.2) is 4.39 Å². The minimum Gasteiger partial charge on any atom is -0.464 e. The van der Waals surface area contributed by atoms with E-state index in [1.807, 2.05) is 17.0 Å². The van der Waals surface area contributed by atoms with E-state index in [-0.39, 0.29) is 24.2 Å². The van der Waals surface area contributed by atoms with Crippen molar-refractivity contribution in [3.8, 4) is 0 Å². The van der Waals surface area contributed by atoms with Gasteiger partial charge in [0.05, 0.1) is 18.7 Å². The van der Waals surface area contributed by atoms with Gasteiger partial charge in [0.15, 0.2) is 0 Å². The highest BCUT2D eigenvalue weighted by Crippen LogP contribution is 2.30. The molecule has 1 amide bonds. The molecular weight excluding hydrogens is 403 g/mol. The number of piperazine rings is 1. The Morgan fingerprint density at radius 2 is 1.50 bits per heavy atom. The average Bonchev–Trinajstić information content (AvgIpc) is 3.23. The molecule has 1 fully saturated rings. The quantitative estimate of drug-likeness (QED) is 0.446. The Hall–Kier alpha value is -3.44. The predicted molar refractivity (Wildman–Crippen MR) is 123 cm³/mol. The standard InChI is InChI=1S/C27H25FN2O2/c28-23-11-12-25-24(18-23)22(19-32-25)17-26(31)29-13-15-30(16-14-29)27(20-7-3-1-4-8-20)21-9-5-2-6-10-21/h1-12,18-19,27H,13-17H2. The molecule has 0 aliphatic carbocycles. The maximum Gasteiger partial charge on any atom is 0.227 e. The van der Waals surface area contributed by atoms with Crippen molar-refractivity contribution in [2.75, 3.05) is 26.2 Å². The molecular formula is C27H25FN2O2. The Morgan fingerprint density at radius 1 is 0.875 bits per heavy atom. The van der Waals surface area contributed by atoms with E-state index in [1.165, 1.54) is 23.3 Å². The maximum atomic E-state index is 13.6. The smallest absolute Gasteiger partial charge is 0.227 e. The Kier molecular flexibility index (Phi) is 5.73. The maximum absolute atomic E-state index is 13.6. The summed E-state index contributed by atoms with van der Waals surface area (Å²) < 4.78 is 19.1. The first-order valence-corrected chi connectivity index (χ1v) is 11.0. The zero-order valence-corrected chi connectivity index (χ0v) is 17.8. The normalized spacial score (nSPS) is 14.9. The zero-order valence-electron chi connectivity index (χ0n) is 17.8. The highest BCUT2D eigenvalue weighted by atomic mass is 19.1. The van der Waals surface area contributed by atoms with E-state index in [4.69, 9.17) is 4.42 Å². The number of benzene rings is 3. The van der Waals surface area contributed by atoms with Crippen LogP contribution >= 0.6 is 0 Å². The van der Waals surface area contributed by atoms with Crippen LogP contribution in [-0.4, -0.2) is 41.9 Å². The van der Waals surface area contributed by atoms with E-state index < -0.39 is 0 Å². The largest absolute Gasteiger partial charge is 0.464 e. The van der Waals surface area contributed by atoms with E-state index in [0.29, 0.717) is 24.1 Å². The Morgan fingerprint density at radius 3 is 2.12 bits per heavy atom. The lowest BCUT2D eigenvalue weighted by Gasteiger charge is -2.39. The number of fused-ring (bicyclic) bond motifs is 1. The molecule has 0 spiro atoms. The van der Waals surface area contributed by atoms with Crippen molar-refractivity contribution < 1.29 is 13.6 Å². The minimum absolute atomic E-state index is 0.0487. The fourth-order valence-corrected chi connectivity index (χ4v) is 4.58. The minimum atomic E-state index is -0.325. The van der Waals surface area contributed by atoms with E-state index in [1.54, 1.807) is 12.3 Å². The van der Waals surface area contributed by atoms with Gasteiger partial charge in [-0.2, -0.15) is 0 Å². The van der Waals surface area contributed by atoms with Crippen molar-refractivity contribution in [3.63, 3.8) is 0 Å². The third kappa shape index (κ3) is 4.16. The molecule has 0 atom stereocenters. The van der Waals surface area contributed by atoms with Gasteiger partial charge < -0.3 is 9.32 Å². The predicted octanol–water partition coefficient (Wildman–Crippen LogP) is 5.05. The Bertz CT molecular complexity index is 1160. The number of rotatable bonds is 5. The van der Waals surface area contributed by atoms with Crippen molar-refractivity contribution in [3.05, 3.63) is 108 Å². The second-order valence-corrected chi connectivity index (χ2v) is 8.22. The van der Waals surface area contributed by atoms with E-state index in [2.05, 4.69) is 53.4 Å². The third-order valence-corrected chi connectivity index (χ3v) is 6.22. The molecule has 4 aromatic rings. The van der Waals surface area contributed by atoms with Gasteiger partial charge in [-0.05, 0) is 29.3 Å². The Labute approximate surface area is 186 Å². The summed E-state index contributed by atoms with van der Waals surface area (Å²) in [5, 5.41) is 0.671. The molecule has 1 aliphatic rings. The average molecular weight is 429 g/mol. The van der Waals surface area contributed by atoms with Crippen molar-refractivity contribution in [1.82, 2.24) is 9.80 Å². The number of nitrogens with zero attached hydrogens (tertiary/aromatic N) is 2. The molecule has 3 aromatic carbocycles. The number of hydrogen-bond acceptors (Lipinski definition) is 3. The van der Waals surface area contributed by atoms with Crippen LogP contribution in [0.25, 0.3) is 11.0 Å². The van der Waals surface area contributed by atoms with Crippen LogP contribution in [0, 0.1) is 5.82 Å². The van der Waals surface area contributed by atoms with Crippen LogP contribution in [-0.2, 0) is 11.2 Å². The topological polar surface area (TPSA) is 36.7 Å². The lowest BCUT2D eigenvalue weighted by atomic mass is 9.96. The number of amides is 1. The van der Waals surface area contributed by atoms with Crippen LogP contribution < -0.4 is 0 Å². The molecule has 5 heteroatoms. The SMILES string of the molecule is O=C(Cc1coc2ccc(F)cc12)N1CCN(C(c2ccccc2)c2ccccc2)CC1. The van der Waals surface area contributed by atoms with Crippen LogP contribution in [0.1, 0.15) is 22.7 Å². The summed E-state index contributed by atoms with van der Waals surface area (Å²) in [6.07, 6.45) is 1.79. The molecule has 0 radical (unpaired) electrons. The Balaban J connectivity index is 1.29. The summed E-state index contributed by atoms with van der Waals surface area (Å²) >= 11 is 0. The van der Waals surface area contributed by atoms with Crippen LogP contribution in [0.15, 0.2) is 89.5 Å². The van der Waals surface area contributed by atoms with Gasteiger partial charge in [0.2, 0.25) is 5.91 Å². The summed E-state index contributed by atoms with van der Waals surface area (Å²) in [4.78, 5) is 17.3. The molecule has 2 heterocycles. The number of carbonyl (C=O) groups excluding carboxylic acids is 1. The summed E-state index contributed by atoms with van der Waals surface area (Å²) in [7, 11) is 0. The van der Waals surface area contributed by atoms with Gasteiger partial charge >= 0.3 is 0 Å². The summed E-state index contributed by atoms with van der Waals surface area (Å²) in [6, 6.07) is 25.6. The fraction of sp³-hybridized carbons (Fsp3) is 0.222. The second kappa shape index (κ2) is 8.97. The molecule has 5 rings (SSSR count). The van der Waals surface area contributed by atoms with E-state index in [0.717, 1.165) is 18.7 Å². The second-order valence-electron chi connectivity index (χ2n) is 8.22. The van der Waals surface area contributed by atoms with Gasteiger partial charge in [-0.1, -0.05) is 60.7 Å². The van der Waals surface area contributed by atoms with Gasteiger partial charge in [-0.15, -0.1) is 0 Å². The summed E-state index contributed by atoms with van der Waals surface area (Å²) in [5.74, 6) is -0.276. The summed E-state index contributed by atoms with van der Waals surface area (Å²) in [6.45, 7) is 2.92. The van der Waals surface area contributed by atoms with Gasteiger partial charge in [-0.3, -0.25) is 9.69 Å². The highest BCUT2D eigenvalue weighted by molar-refractivity contribution is 5.87. The molecule has 32 heavy (non-hydrogen) atoms. The molecule has 0 bridgehead atoms. The molecule has 1 aliphatic heterocycles. The number of furan rings is 1. The molecule has 4 nitrogen and oxygen atoms in total. The molecule has 0 N–H and O–H groups in total. The monoisotopic (exact) mass is 428 g/mol. The van der Waals surface area contributed by atoms with Gasteiger partial charge in [0.25, 0.3) is 0 Å². The third-order valence-electron chi connectivity index (χ3n) is 6.22. The first kappa shape index (κ1) is 20.5. The van der Waals surface area contributed by atoms with Crippen LogP contribution in [0.4, 0.5) is 4.39 Å². The van der Waals surface area contributed by atoms with Crippen molar-refractivity contribution in [2.45, 2.75) is 12.5 Å². The lowest BCUT2D eigenvalue weighted by Crippen LogP contribution is -2.50. The van der Waals surface area contributed by atoms with Crippen LogP contribution in [0.2, 0.25) is 0 Å². The van der Waals surface area contributed by atoms with Crippen molar-refractivity contribution >= 4 is 16.9 Å². The van der Waals surface area contributed by atoms with E-state index >= 15 is 0 Å². The number of hydrogen-bond donors (Lipinski definition) is 0. The first-order chi connectivity index (χ1) is 15.7. The van der Waals surface area contributed by atoms with Crippen molar-refractivity contribution in [2.24, 2.45) is 0 Å². The summed E-state index contributed by atoms with van der Waals surface area (Å²) in [5.41, 5.74) is 3.85. The number of halogens is 1. The zero-order chi connectivity index (χ0) is 21.9. The molecule has 0 unspecified atom stereocenters. The molecule has 0 saturated carbocycles. The van der Waals surface area contributed by atoms with Crippen LogP contribution in [0.5, 0.6) is 0 Å². The van der Waals surface area contributed by atoms with Gasteiger partial charge in [0.1, 0.15) is 11.4 Å². The highest BCUT2D eigenvalue weighted by Gasteiger charge is 2.28. The van der Waals surface area contributed by atoms with Gasteiger partial charge in [0, 0.05) is 37.1 Å². The molecule has 162 valence electrons. The van der Waals surface area contributed by atoms with E-state index in [9.17, 15) is 9.18 Å². The molecule has 1 aromatic heterocycles. The lowest BCUT2D eigenvalue weighted by molar-refractivity contribution is -0.132. The first-order valence-electron chi connectivity index (χ1n) is 11.0. The number of carbonyl (C=O) groups is 1.